The van der Waals surface area contributed by atoms with Gasteiger partial charge in [-0.15, -0.1) is 0 Å². The molecule has 0 aliphatic heterocycles. The van der Waals surface area contributed by atoms with Crippen molar-refractivity contribution in [1.29, 1.82) is 5.26 Å². The lowest BCUT2D eigenvalue weighted by atomic mass is 9.85. The van der Waals surface area contributed by atoms with Crippen molar-refractivity contribution in [2.75, 3.05) is 13.1 Å². The minimum atomic E-state index is -0.283. The molecule has 0 heterocycles. The molecule has 0 aromatic rings. The molecule has 122 valence electrons. The summed E-state index contributed by atoms with van der Waals surface area (Å²) in [6.45, 7) is 15.7. The zero-order valence-electron chi connectivity index (χ0n) is 14.9. The van der Waals surface area contributed by atoms with Gasteiger partial charge in [0.25, 0.3) is 0 Å². The predicted octanol–water partition coefficient (Wildman–Crippen LogP) is 3.80. The maximum absolute atomic E-state index is 9.73. The number of rotatable bonds is 8. The summed E-state index contributed by atoms with van der Waals surface area (Å²) in [5.41, 5.74) is -0.283. The van der Waals surface area contributed by atoms with E-state index in [1.165, 1.54) is 12.8 Å². The van der Waals surface area contributed by atoms with Gasteiger partial charge in [-0.1, -0.05) is 20.3 Å². The molecule has 1 saturated carbocycles. The first kappa shape index (κ1) is 18.5. The highest BCUT2D eigenvalue weighted by atomic mass is 15.1. The topological polar surface area (TPSA) is 39.1 Å². The van der Waals surface area contributed by atoms with Crippen LogP contribution in [0.5, 0.6) is 0 Å². The van der Waals surface area contributed by atoms with Crippen molar-refractivity contribution in [2.24, 2.45) is 11.8 Å². The van der Waals surface area contributed by atoms with Gasteiger partial charge in [0.2, 0.25) is 0 Å². The average molecular weight is 293 g/mol. The van der Waals surface area contributed by atoms with Gasteiger partial charge < -0.3 is 4.90 Å². The van der Waals surface area contributed by atoms with E-state index in [0.717, 1.165) is 25.9 Å². The highest BCUT2D eigenvalue weighted by molar-refractivity contribution is 5.14. The molecule has 3 heteroatoms. The summed E-state index contributed by atoms with van der Waals surface area (Å²) < 4.78 is 0. The summed E-state index contributed by atoms with van der Waals surface area (Å²) >= 11 is 0. The monoisotopic (exact) mass is 293 g/mol. The van der Waals surface area contributed by atoms with Crippen molar-refractivity contribution in [1.82, 2.24) is 10.2 Å². The Kier molecular flexibility index (Phi) is 7.16. The molecule has 0 radical (unpaired) electrons. The summed E-state index contributed by atoms with van der Waals surface area (Å²) in [6, 6.07) is 3.59. The SMILES string of the molecule is CC(C)CN(CCC1CCCC1(C#N)NC(C)C)C(C)C. The minimum Gasteiger partial charge on any atom is -0.301 e. The third kappa shape index (κ3) is 5.27. The highest BCUT2D eigenvalue weighted by Gasteiger charge is 2.43. The van der Waals surface area contributed by atoms with E-state index in [1.54, 1.807) is 0 Å². The number of hydrogen-bond acceptors (Lipinski definition) is 3. The summed E-state index contributed by atoms with van der Waals surface area (Å²) in [7, 11) is 0. The van der Waals surface area contributed by atoms with Gasteiger partial charge in [0.15, 0.2) is 0 Å². The zero-order chi connectivity index (χ0) is 16.0. The Morgan fingerprint density at radius 3 is 2.38 bits per heavy atom. The van der Waals surface area contributed by atoms with E-state index in [1.807, 2.05) is 0 Å². The van der Waals surface area contributed by atoms with Crippen molar-refractivity contribution in [3.8, 4) is 6.07 Å². The molecule has 1 fully saturated rings. The molecule has 1 aliphatic rings. The van der Waals surface area contributed by atoms with Gasteiger partial charge in [-0.3, -0.25) is 5.32 Å². The van der Waals surface area contributed by atoms with E-state index in [4.69, 9.17) is 0 Å². The summed E-state index contributed by atoms with van der Waals surface area (Å²) in [5, 5.41) is 13.3. The van der Waals surface area contributed by atoms with Crippen LogP contribution in [-0.2, 0) is 0 Å². The Balaban J connectivity index is 2.65. The number of nitrogens with zero attached hydrogens (tertiary/aromatic N) is 2. The molecule has 0 bridgehead atoms. The largest absolute Gasteiger partial charge is 0.301 e. The van der Waals surface area contributed by atoms with Crippen LogP contribution in [0.3, 0.4) is 0 Å². The van der Waals surface area contributed by atoms with Crippen LogP contribution in [0.2, 0.25) is 0 Å². The Bertz CT molecular complexity index is 343. The predicted molar refractivity (Wildman–Crippen MR) is 90.1 cm³/mol. The van der Waals surface area contributed by atoms with Gasteiger partial charge in [0.05, 0.1) is 6.07 Å². The van der Waals surface area contributed by atoms with E-state index in [2.05, 4.69) is 57.8 Å². The smallest absolute Gasteiger partial charge is 0.109 e. The van der Waals surface area contributed by atoms with Gasteiger partial charge in [-0.05, 0) is 65.3 Å². The second-order valence-electron chi connectivity index (χ2n) is 7.74. The van der Waals surface area contributed by atoms with Gasteiger partial charge in [0.1, 0.15) is 5.54 Å². The molecule has 1 N–H and O–H groups in total. The summed E-state index contributed by atoms with van der Waals surface area (Å²) in [6.07, 6.45) is 4.53. The lowest BCUT2D eigenvalue weighted by Crippen LogP contribution is -2.51. The zero-order valence-corrected chi connectivity index (χ0v) is 14.9. The Morgan fingerprint density at radius 1 is 1.24 bits per heavy atom. The molecule has 21 heavy (non-hydrogen) atoms. The van der Waals surface area contributed by atoms with Crippen LogP contribution in [0.15, 0.2) is 0 Å². The van der Waals surface area contributed by atoms with Crippen molar-refractivity contribution < 1.29 is 0 Å². The van der Waals surface area contributed by atoms with Crippen LogP contribution in [0.4, 0.5) is 0 Å². The van der Waals surface area contributed by atoms with E-state index in [-0.39, 0.29) is 5.54 Å². The first-order valence-electron chi connectivity index (χ1n) is 8.73. The molecule has 1 aliphatic carbocycles. The van der Waals surface area contributed by atoms with Crippen molar-refractivity contribution >= 4 is 0 Å². The van der Waals surface area contributed by atoms with Crippen LogP contribution in [0.1, 0.15) is 67.2 Å². The Morgan fingerprint density at radius 2 is 1.90 bits per heavy atom. The quantitative estimate of drug-likeness (QED) is 0.740. The average Bonchev–Trinajstić information content (AvgIpc) is 2.76. The fourth-order valence-corrected chi connectivity index (χ4v) is 3.70. The lowest BCUT2D eigenvalue weighted by molar-refractivity contribution is 0.169. The van der Waals surface area contributed by atoms with E-state index in [0.29, 0.717) is 23.9 Å². The van der Waals surface area contributed by atoms with Crippen molar-refractivity contribution in [3.05, 3.63) is 0 Å². The molecule has 0 spiro atoms. The van der Waals surface area contributed by atoms with E-state index in [9.17, 15) is 5.26 Å². The normalized spacial score (nSPS) is 26.2. The van der Waals surface area contributed by atoms with Crippen LogP contribution in [-0.4, -0.2) is 35.6 Å². The van der Waals surface area contributed by atoms with Gasteiger partial charge in [-0.2, -0.15) is 5.26 Å². The first-order valence-corrected chi connectivity index (χ1v) is 8.73. The summed E-state index contributed by atoms with van der Waals surface area (Å²) in [4.78, 5) is 2.57. The summed E-state index contributed by atoms with van der Waals surface area (Å²) in [5.74, 6) is 1.20. The molecule has 2 atom stereocenters. The molecular formula is C18H35N3. The maximum atomic E-state index is 9.73. The maximum Gasteiger partial charge on any atom is 0.109 e. The molecule has 0 amide bonds. The van der Waals surface area contributed by atoms with E-state index < -0.39 is 0 Å². The molecule has 0 aromatic heterocycles. The Labute approximate surface area is 132 Å². The second-order valence-corrected chi connectivity index (χ2v) is 7.74. The number of hydrogen-bond donors (Lipinski definition) is 1. The number of nitriles is 1. The second kappa shape index (κ2) is 8.15. The molecule has 0 aromatic carbocycles. The molecule has 1 rings (SSSR count). The van der Waals surface area contributed by atoms with Crippen molar-refractivity contribution in [2.45, 2.75) is 84.8 Å². The van der Waals surface area contributed by atoms with Gasteiger partial charge in [-0.25, -0.2) is 0 Å². The van der Waals surface area contributed by atoms with Gasteiger partial charge >= 0.3 is 0 Å². The Hall–Kier alpha value is -0.590. The fraction of sp³-hybridized carbons (Fsp3) is 0.944. The minimum absolute atomic E-state index is 0.283. The van der Waals surface area contributed by atoms with Crippen LogP contribution >= 0.6 is 0 Å². The standard InChI is InChI=1S/C18H35N3/c1-14(2)12-21(16(5)6)11-9-17-8-7-10-18(17,13-19)20-15(3)4/h14-17,20H,7-12H2,1-6H3. The van der Waals surface area contributed by atoms with Crippen LogP contribution in [0.25, 0.3) is 0 Å². The molecular weight excluding hydrogens is 258 g/mol. The first-order chi connectivity index (χ1) is 9.80. The van der Waals surface area contributed by atoms with Crippen LogP contribution < -0.4 is 5.32 Å². The molecule has 0 saturated heterocycles. The third-order valence-electron chi connectivity index (χ3n) is 4.66. The van der Waals surface area contributed by atoms with Crippen LogP contribution in [0, 0.1) is 23.2 Å². The fourth-order valence-electron chi connectivity index (χ4n) is 3.70. The van der Waals surface area contributed by atoms with Gasteiger partial charge in [0, 0.05) is 18.6 Å². The van der Waals surface area contributed by atoms with Crippen molar-refractivity contribution in [3.63, 3.8) is 0 Å². The highest BCUT2D eigenvalue weighted by Crippen LogP contribution is 2.38. The molecule has 3 nitrogen and oxygen atoms in total. The molecule has 2 unspecified atom stereocenters. The lowest BCUT2D eigenvalue weighted by Gasteiger charge is -2.35. The number of nitrogens with one attached hydrogen (secondary N) is 1. The van der Waals surface area contributed by atoms with E-state index >= 15 is 0 Å². The third-order valence-corrected chi connectivity index (χ3v) is 4.66.